The van der Waals surface area contributed by atoms with Crippen molar-refractivity contribution in [3.63, 3.8) is 0 Å². The fourth-order valence-corrected chi connectivity index (χ4v) is 1.41. The maximum Gasteiger partial charge on any atom is 0.129 e. The van der Waals surface area contributed by atoms with Gasteiger partial charge in [-0.1, -0.05) is 31.6 Å². The molecule has 14 heavy (non-hydrogen) atoms. The van der Waals surface area contributed by atoms with E-state index in [4.69, 9.17) is 6.42 Å². The predicted molar refractivity (Wildman–Crippen MR) is 67.6 cm³/mol. The van der Waals surface area contributed by atoms with Crippen LogP contribution in [0.2, 0.25) is 19.6 Å². The Labute approximate surface area is 89.8 Å². The van der Waals surface area contributed by atoms with Crippen LogP contribution in [0.4, 0.5) is 0 Å². The average Bonchev–Trinajstić information content (AvgIpc) is 2.08. The number of terminal acetylenes is 1. The van der Waals surface area contributed by atoms with Gasteiger partial charge in [0.15, 0.2) is 0 Å². The highest BCUT2D eigenvalue weighted by Crippen LogP contribution is 1.99. The highest BCUT2D eigenvalue weighted by molar-refractivity contribution is 6.83. The Kier molecular flexibility index (Phi) is 6.98. The van der Waals surface area contributed by atoms with Crippen LogP contribution in [0.25, 0.3) is 0 Å². The summed E-state index contributed by atoms with van der Waals surface area (Å²) in [4.78, 5) is 0. The monoisotopic (exact) mass is 204 g/mol. The molecule has 0 radical (unpaired) electrons. The van der Waals surface area contributed by atoms with E-state index in [0.717, 1.165) is 19.3 Å². The Bertz CT molecular complexity index is 262. The van der Waals surface area contributed by atoms with E-state index in [9.17, 15) is 0 Å². The number of hydrogen-bond donors (Lipinski definition) is 0. The normalized spacial score (nSPS) is 10.7. The van der Waals surface area contributed by atoms with Crippen molar-refractivity contribution in [1.82, 2.24) is 0 Å². The van der Waals surface area contributed by atoms with Crippen molar-refractivity contribution in [2.45, 2.75) is 45.3 Å². The number of allylic oxidation sites excluding steroid dienone is 2. The maximum absolute atomic E-state index is 5.15. The Morgan fingerprint density at radius 3 is 2.50 bits per heavy atom. The molecule has 0 saturated heterocycles. The minimum absolute atomic E-state index is 0.897. The van der Waals surface area contributed by atoms with Gasteiger partial charge in [0.25, 0.3) is 0 Å². The van der Waals surface area contributed by atoms with E-state index in [0.29, 0.717) is 0 Å². The SMILES string of the molecule is C#CCCCC/C=C/C#C[Si](C)(C)C. The molecule has 0 N–H and O–H groups in total. The van der Waals surface area contributed by atoms with Crippen molar-refractivity contribution in [1.29, 1.82) is 0 Å². The smallest absolute Gasteiger partial charge is 0.127 e. The Hall–Kier alpha value is -0.923. The van der Waals surface area contributed by atoms with E-state index in [1.807, 2.05) is 6.08 Å². The van der Waals surface area contributed by atoms with E-state index in [1.165, 1.54) is 6.42 Å². The molecule has 0 spiro atoms. The van der Waals surface area contributed by atoms with Gasteiger partial charge in [-0.3, -0.25) is 0 Å². The molecule has 0 amide bonds. The second kappa shape index (κ2) is 7.48. The van der Waals surface area contributed by atoms with Crippen LogP contribution in [0, 0.1) is 23.8 Å². The molecule has 0 aliphatic carbocycles. The third kappa shape index (κ3) is 11.1. The summed E-state index contributed by atoms with van der Waals surface area (Å²) in [7, 11) is -1.18. The molecule has 0 aliphatic heterocycles. The molecule has 0 aliphatic rings. The van der Waals surface area contributed by atoms with Crippen molar-refractivity contribution in [3.8, 4) is 23.8 Å². The summed E-state index contributed by atoms with van der Waals surface area (Å²) in [6, 6.07) is 0. The lowest BCUT2D eigenvalue weighted by Gasteiger charge is -2.02. The summed E-state index contributed by atoms with van der Waals surface area (Å²) in [6.45, 7) is 6.75. The zero-order valence-corrected chi connectivity index (χ0v) is 10.6. The molecule has 0 saturated carbocycles. The van der Waals surface area contributed by atoms with Crippen molar-refractivity contribution in [2.24, 2.45) is 0 Å². The van der Waals surface area contributed by atoms with Crippen molar-refractivity contribution in [2.75, 3.05) is 0 Å². The quantitative estimate of drug-likeness (QED) is 0.373. The third-order valence-corrected chi connectivity index (χ3v) is 2.48. The first kappa shape index (κ1) is 13.1. The first-order valence-electron chi connectivity index (χ1n) is 5.17. The van der Waals surface area contributed by atoms with Gasteiger partial charge in [-0.15, -0.1) is 17.9 Å². The minimum atomic E-state index is -1.18. The molecule has 0 aromatic heterocycles. The molecule has 0 nitrogen and oxygen atoms in total. The van der Waals surface area contributed by atoms with Crippen LogP contribution in [0.15, 0.2) is 12.2 Å². The highest BCUT2D eigenvalue weighted by Gasteiger charge is 2.06. The highest BCUT2D eigenvalue weighted by atomic mass is 28.3. The minimum Gasteiger partial charge on any atom is -0.127 e. The van der Waals surface area contributed by atoms with E-state index >= 15 is 0 Å². The Balaban J connectivity index is 3.54. The summed E-state index contributed by atoms with van der Waals surface area (Å²) >= 11 is 0. The lowest BCUT2D eigenvalue weighted by Crippen LogP contribution is -2.16. The van der Waals surface area contributed by atoms with Crippen LogP contribution >= 0.6 is 0 Å². The summed E-state index contributed by atoms with van der Waals surface area (Å²) < 4.78 is 0. The predicted octanol–water partition coefficient (Wildman–Crippen LogP) is 3.62. The van der Waals surface area contributed by atoms with E-state index in [1.54, 1.807) is 0 Å². The van der Waals surface area contributed by atoms with Crippen LogP contribution in [0.5, 0.6) is 0 Å². The van der Waals surface area contributed by atoms with Crippen molar-refractivity contribution < 1.29 is 0 Å². The summed E-state index contributed by atoms with van der Waals surface area (Å²) in [5.41, 5.74) is 3.29. The molecule has 0 rings (SSSR count). The molecular weight excluding hydrogens is 184 g/mol. The Morgan fingerprint density at radius 2 is 1.93 bits per heavy atom. The molecule has 0 bridgehead atoms. The molecule has 0 heterocycles. The average molecular weight is 204 g/mol. The van der Waals surface area contributed by atoms with Crippen LogP contribution in [0.1, 0.15) is 25.7 Å². The van der Waals surface area contributed by atoms with Crippen molar-refractivity contribution in [3.05, 3.63) is 12.2 Å². The van der Waals surface area contributed by atoms with Gasteiger partial charge in [0.05, 0.1) is 0 Å². The zero-order chi connectivity index (χ0) is 10.9. The first-order valence-corrected chi connectivity index (χ1v) is 8.67. The van der Waals surface area contributed by atoms with Gasteiger partial charge >= 0.3 is 0 Å². The summed E-state index contributed by atoms with van der Waals surface area (Å²) in [6.07, 6.45) is 13.6. The number of hydrogen-bond acceptors (Lipinski definition) is 0. The maximum atomic E-state index is 5.15. The molecule has 0 atom stereocenters. The van der Waals surface area contributed by atoms with E-state index in [-0.39, 0.29) is 0 Å². The second-order valence-corrected chi connectivity index (χ2v) is 9.12. The van der Waals surface area contributed by atoms with Crippen LogP contribution in [-0.4, -0.2) is 8.07 Å². The molecule has 0 aromatic carbocycles. The van der Waals surface area contributed by atoms with Crippen molar-refractivity contribution >= 4 is 8.07 Å². The molecule has 0 fully saturated rings. The molecule has 0 aromatic rings. The molecular formula is C13H20Si. The lowest BCUT2D eigenvalue weighted by molar-refractivity contribution is 0.772. The fraction of sp³-hybridized carbons (Fsp3) is 0.538. The topological polar surface area (TPSA) is 0 Å². The number of rotatable bonds is 4. The summed E-state index contributed by atoms with van der Waals surface area (Å²) in [5.74, 6) is 5.75. The molecule has 0 unspecified atom stereocenters. The van der Waals surface area contributed by atoms with Crippen LogP contribution in [0.3, 0.4) is 0 Å². The Morgan fingerprint density at radius 1 is 1.21 bits per heavy atom. The molecule has 1 heteroatoms. The third-order valence-electron chi connectivity index (χ3n) is 1.59. The van der Waals surface area contributed by atoms with Crippen LogP contribution < -0.4 is 0 Å². The number of unbranched alkanes of at least 4 members (excludes halogenated alkanes) is 3. The van der Waals surface area contributed by atoms with Gasteiger partial charge in [-0.25, -0.2) is 0 Å². The largest absolute Gasteiger partial charge is 0.129 e. The van der Waals surface area contributed by atoms with Crippen LogP contribution in [-0.2, 0) is 0 Å². The fourth-order valence-electron chi connectivity index (χ4n) is 0.890. The molecule has 76 valence electrons. The van der Waals surface area contributed by atoms with E-state index < -0.39 is 8.07 Å². The van der Waals surface area contributed by atoms with E-state index in [2.05, 4.69) is 43.1 Å². The lowest BCUT2D eigenvalue weighted by atomic mass is 10.2. The standard InChI is InChI=1S/C13H20Si/c1-5-6-7-8-9-10-11-12-13-14(2,3)4/h1,10-11H,6-9H2,2-4H3/b11-10+. The first-order chi connectivity index (χ1) is 6.56. The summed E-state index contributed by atoms with van der Waals surface area (Å²) in [5, 5.41) is 0. The zero-order valence-electron chi connectivity index (χ0n) is 9.56. The van der Waals surface area contributed by atoms with Gasteiger partial charge in [-0.2, -0.15) is 0 Å². The van der Waals surface area contributed by atoms with Gasteiger partial charge in [0.1, 0.15) is 8.07 Å². The second-order valence-electron chi connectivity index (χ2n) is 4.37. The van der Waals surface area contributed by atoms with Gasteiger partial charge in [0, 0.05) is 6.42 Å². The van der Waals surface area contributed by atoms with Gasteiger partial charge in [0.2, 0.25) is 0 Å². The van der Waals surface area contributed by atoms with Gasteiger partial charge in [-0.05, 0) is 25.3 Å². The van der Waals surface area contributed by atoms with Gasteiger partial charge < -0.3 is 0 Å².